The summed E-state index contributed by atoms with van der Waals surface area (Å²) in [6, 6.07) is -0.153. The van der Waals surface area contributed by atoms with E-state index in [1.54, 1.807) is 0 Å². The molecule has 0 heterocycles. The number of hydrogen-bond acceptors (Lipinski definition) is 2. The van der Waals surface area contributed by atoms with Crippen molar-refractivity contribution in [1.29, 1.82) is 0 Å². The Hall–Kier alpha value is -1.26. The lowest BCUT2D eigenvalue weighted by molar-refractivity contribution is -0.141. The molecular weight excluding hydrogens is 220 g/mol. The summed E-state index contributed by atoms with van der Waals surface area (Å²) in [7, 11) is 0. The van der Waals surface area contributed by atoms with Crippen molar-refractivity contribution in [3.63, 3.8) is 0 Å². The van der Waals surface area contributed by atoms with E-state index in [2.05, 4.69) is 17.6 Å². The van der Waals surface area contributed by atoms with Crippen molar-refractivity contribution in [2.75, 3.05) is 6.54 Å². The van der Waals surface area contributed by atoms with Gasteiger partial charge in [-0.2, -0.15) is 0 Å². The van der Waals surface area contributed by atoms with Gasteiger partial charge in [0, 0.05) is 12.6 Å². The molecule has 0 aromatic rings. The van der Waals surface area contributed by atoms with E-state index in [1.165, 1.54) is 0 Å². The second-order valence-corrected chi connectivity index (χ2v) is 4.65. The number of hydrogen-bond donors (Lipinski definition) is 3. The molecule has 1 aliphatic rings. The van der Waals surface area contributed by atoms with Gasteiger partial charge in [0.2, 0.25) is 0 Å². The molecule has 1 fully saturated rings. The van der Waals surface area contributed by atoms with Crippen molar-refractivity contribution in [1.82, 2.24) is 10.6 Å². The Bertz CT molecular complexity index is 268. The zero-order chi connectivity index (χ0) is 12.7. The molecule has 0 spiro atoms. The van der Waals surface area contributed by atoms with Crippen molar-refractivity contribution in [3.8, 4) is 0 Å². The Morgan fingerprint density at radius 3 is 2.65 bits per heavy atom. The second-order valence-electron chi connectivity index (χ2n) is 4.65. The van der Waals surface area contributed by atoms with E-state index in [4.69, 9.17) is 5.11 Å². The number of rotatable bonds is 6. The number of carbonyl (C=O) groups excluding carboxylic acids is 1. The van der Waals surface area contributed by atoms with E-state index in [0.717, 1.165) is 25.7 Å². The van der Waals surface area contributed by atoms with Crippen LogP contribution in [0.1, 0.15) is 45.4 Å². The van der Waals surface area contributed by atoms with Crippen molar-refractivity contribution >= 4 is 12.0 Å². The van der Waals surface area contributed by atoms with Crippen LogP contribution in [0.4, 0.5) is 4.79 Å². The smallest absolute Gasteiger partial charge is 0.315 e. The Labute approximate surface area is 102 Å². The number of urea groups is 1. The van der Waals surface area contributed by atoms with E-state index < -0.39 is 5.97 Å². The van der Waals surface area contributed by atoms with Gasteiger partial charge >= 0.3 is 12.0 Å². The lowest BCUT2D eigenvalue weighted by Crippen LogP contribution is -2.41. The summed E-state index contributed by atoms with van der Waals surface area (Å²) in [5.41, 5.74) is 0. The molecule has 2 atom stereocenters. The molecule has 0 aromatic carbocycles. The summed E-state index contributed by atoms with van der Waals surface area (Å²) in [6.45, 7) is 2.80. The quantitative estimate of drug-likeness (QED) is 0.621. The highest BCUT2D eigenvalue weighted by Gasteiger charge is 2.30. The molecule has 0 aliphatic heterocycles. The summed E-state index contributed by atoms with van der Waals surface area (Å²) in [4.78, 5) is 22.2. The standard InChI is InChI=1S/C12H22N2O3/c1-2-3-4-7-13-12(17)14-10-6-5-9(8-10)11(15)16/h9-10H,2-8H2,1H3,(H,15,16)(H2,13,14,17)/t9-,10+/m1/s1. The lowest BCUT2D eigenvalue weighted by atomic mass is 10.1. The van der Waals surface area contributed by atoms with Gasteiger partial charge in [0.15, 0.2) is 0 Å². The van der Waals surface area contributed by atoms with E-state index in [-0.39, 0.29) is 18.0 Å². The normalized spacial score (nSPS) is 23.4. The summed E-state index contributed by atoms with van der Waals surface area (Å²) in [5, 5.41) is 14.5. The summed E-state index contributed by atoms with van der Waals surface area (Å²) >= 11 is 0. The minimum atomic E-state index is -0.752. The first-order valence-corrected chi connectivity index (χ1v) is 6.40. The number of carboxylic acid groups (broad SMARTS) is 1. The first kappa shape index (κ1) is 13.8. The van der Waals surface area contributed by atoms with Crippen LogP contribution in [0.5, 0.6) is 0 Å². The van der Waals surface area contributed by atoms with Gasteiger partial charge in [-0.25, -0.2) is 4.79 Å². The Morgan fingerprint density at radius 2 is 2.06 bits per heavy atom. The van der Waals surface area contributed by atoms with E-state index in [0.29, 0.717) is 19.4 Å². The maximum Gasteiger partial charge on any atom is 0.315 e. The van der Waals surface area contributed by atoms with Crippen LogP contribution in [0, 0.1) is 5.92 Å². The molecule has 3 N–H and O–H groups in total. The molecule has 1 aliphatic carbocycles. The third-order valence-corrected chi connectivity index (χ3v) is 3.18. The zero-order valence-corrected chi connectivity index (χ0v) is 10.4. The fourth-order valence-electron chi connectivity index (χ4n) is 2.15. The SMILES string of the molecule is CCCCCNC(=O)N[C@H]1CC[C@@H](C(=O)O)C1. The number of nitrogens with one attached hydrogen (secondary N) is 2. The van der Waals surface area contributed by atoms with Gasteiger partial charge in [0.1, 0.15) is 0 Å². The number of carboxylic acids is 1. The first-order valence-electron chi connectivity index (χ1n) is 6.40. The summed E-state index contributed by atoms with van der Waals surface area (Å²) in [6.07, 6.45) is 5.22. The molecule has 0 unspecified atom stereocenters. The maximum atomic E-state index is 11.5. The van der Waals surface area contributed by atoms with E-state index >= 15 is 0 Å². The molecule has 0 aromatic heterocycles. The molecule has 0 radical (unpaired) electrons. The average Bonchev–Trinajstić information content (AvgIpc) is 2.73. The highest BCUT2D eigenvalue weighted by atomic mass is 16.4. The van der Waals surface area contributed by atoms with E-state index in [1.807, 2.05) is 0 Å². The monoisotopic (exact) mass is 242 g/mol. The van der Waals surface area contributed by atoms with Gasteiger partial charge in [0.25, 0.3) is 0 Å². The van der Waals surface area contributed by atoms with Crippen molar-refractivity contribution in [3.05, 3.63) is 0 Å². The highest BCUT2D eigenvalue weighted by molar-refractivity contribution is 5.75. The van der Waals surface area contributed by atoms with Gasteiger partial charge < -0.3 is 15.7 Å². The third kappa shape index (κ3) is 5.06. The van der Waals surface area contributed by atoms with Gasteiger partial charge in [0.05, 0.1) is 5.92 Å². The third-order valence-electron chi connectivity index (χ3n) is 3.18. The lowest BCUT2D eigenvalue weighted by Gasteiger charge is -2.13. The maximum absolute atomic E-state index is 11.5. The molecule has 0 bridgehead atoms. The fourth-order valence-corrected chi connectivity index (χ4v) is 2.15. The summed E-state index contributed by atoms with van der Waals surface area (Å²) in [5.74, 6) is -1.04. The fraction of sp³-hybridized carbons (Fsp3) is 0.833. The van der Waals surface area contributed by atoms with Crippen LogP contribution in [-0.2, 0) is 4.79 Å². The van der Waals surface area contributed by atoms with Gasteiger partial charge in [-0.15, -0.1) is 0 Å². The molecule has 5 nitrogen and oxygen atoms in total. The zero-order valence-electron chi connectivity index (χ0n) is 10.4. The molecular formula is C12H22N2O3. The predicted molar refractivity (Wildman–Crippen MR) is 64.8 cm³/mol. The van der Waals surface area contributed by atoms with Crippen LogP contribution < -0.4 is 10.6 Å². The first-order chi connectivity index (χ1) is 8.13. The van der Waals surface area contributed by atoms with Crippen molar-refractivity contribution in [2.24, 2.45) is 5.92 Å². The van der Waals surface area contributed by atoms with Gasteiger partial charge in [-0.05, 0) is 25.7 Å². The molecule has 1 rings (SSSR count). The summed E-state index contributed by atoms with van der Waals surface area (Å²) < 4.78 is 0. The van der Waals surface area contributed by atoms with Crippen molar-refractivity contribution in [2.45, 2.75) is 51.5 Å². The van der Waals surface area contributed by atoms with Crippen LogP contribution in [-0.4, -0.2) is 29.7 Å². The van der Waals surface area contributed by atoms with E-state index in [9.17, 15) is 9.59 Å². The van der Waals surface area contributed by atoms with Crippen molar-refractivity contribution < 1.29 is 14.7 Å². The van der Waals surface area contributed by atoms with Crippen LogP contribution in [0.3, 0.4) is 0 Å². The van der Waals surface area contributed by atoms with Crippen LogP contribution in [0.2, 0.25) is 0 Å². The molecule has 98 valence electrons. The Morgan fingerprint density at radius 1 is 1.29 bits per heavy atom. The Kier molecular flexibility index (Phi) is 5.80. The molecule has 0 saturated heterocycles. The highest BCUT2D eigenvalue weighted by Crippen LogP contribution is 2.25. The molecule has 2 amide bonds. The average molecular weight is 242 g/mol. The van der Waals surface area contributed by atoms with Crippen LogP contribution >= 0.6 is 0 Å². The number of aliphatic carboxylic acids is 1. The predicted octanol–water partition coefficient (Wildman–Crippen LogP) is 1.73. The molecule has 17 heavy (non-hydrogen) atoms. The number of carbonyl (C=O) groups is 2. The minimum absolute atomic E-state index is 0.0160. The molecule has 5 heteroatoms. The van der Waals surface area contributed by atoms with Gasteiger partial charge in [-0.3, -0.25) is 4.79 Å². The molecule has 1 saturated carbocycles. The topological polar surface area (TPSA) is 78.4 Å². The van der Waals surface area contributed by atoms with Crippen LogP contribution in [0.15, 0.2) is 0 Å². The minimum Gasteiger partial charge on any atom is -0.481 e. The Balaban J connectivity index is 2.13. The largest absolute Gasteiger partial charge is 0.481 e. The number of amides is 2. The number of unbranched alkanes of at least 4 members (excludes halogenated alkanes) is 2. The second kappa shape index (κ2) is 7.14. The van der Waals surface area contributed by atoms with Gasteiger partial charge in [-0.1, -0.05) is 19.8 Å². The van der Waals surface area contributed by atoms with Crippen LogP contribution in [0.25, 0.3) is 0 Å².